The third-order valence-electron chi connectivity index (χ3n) is 7.18. The molecular weight excluding hydrogens is 458 g/mol. The first-order valence-corrected chi connectivity index (χ1v) is 13.4. The van der Waals surface area contributed by atoms with Crippen LogP contribution >= 0.6 is 0 Å². The van der Waals surface area contributed by atoms with Gasteiger partial charge in [-0.15, -0.1) is 0 Å². The van der Waals surface area contributed by atoms with Gasteiger partial charge in [-0.2, -0.15) is 4.31 Å². The number of carbonyl (C=O) groups excluding carboxylic acids is 1. The first-order chi connectivity index (χ1) is 16.2. The zero-order chi connectivity index (χ0) is 24.1. The minimum Gasteiger partial charge on any atom is -0.360 e. The fraction of sp³-hybridized carbons (Fsp3) is 0.583. The molecule has 9 nitrogen and oxygen atoms in total. The molecule has 2 unspecified atom stereocenters. The lowest BCUT2D eigenvalue weighted by atomic mass is 9.94. The number of ether oxygens (including phenoxy) is 2. The molecular formula is C24H31N3O6S. The van der Waals surface area contributed by atoms with Gasteiger partial charge in [-0.3, -0.25) is 9.59 Å². The molecule has 10 heteroatoms. The van der Waals surface area contributed by atoms with Crippen LogP contribution in [-0.2, 0) is 19.5 Å². The van der Waals surface area contributed by atoms with Gasteiger partial charge in [-0.25, -0.2) is 8.42 Å². The molecule has 1 spiro atoms. The molecule has 184 valence electrons. The largest absolute Gasteiger partial charge is 0.360 e. The van der Waals surface area contributed by atoms with Crippen LogP contribution in [0.15, 0.2) is 34.1 Å². The highest BCUT2D eigenvalue weighted by Crippen LogP contribution is 2.32. The van der Waals surface area contributed by atoms with Crippen molar-refractivity contribution in [1.82, 2.24) is 14.2 Å². The van der Waals surface area contributed by atoms with Crippen LogP contribution in [0.2, 0.25) is 0 Å². The van der Waals surface area contributed by atoms with Crippen LogP contribution in [0.4, 0.5) is 0 Å². The molecule has 3 aliphatic heterocycles. The van der Waals surface area contributed by atoms with Gasteiger partial charge >= 0.3 is 0 Å². The Labute approximate surface area is 199 Å². The zero-order valence-corrected chi connectivity index (χ0v) is 20.4. The van der Waals surface area contributed by atoms with Crippen molar-refractivity contribution >= 4 is 26.8 Å². The standard InChI is InChI=1S/C24H31N3O6S/c1-16-11-17(2)15-27(14-16)34(30,31)18-3-4-21-19(12-18)22(28)20(13-25-21)23(29)26-7-5-24(6-8-26)32-9-10-33-24/h3-4,12-13,16-17H,5-11,14-15H2,1-2H3,(H,25,28). The van der Waals surface area contributed by atoms with E-state index in [-0.39, 0.29) is 33.6 Å². The average Bonchev–Trinajstić information content (AvgIpc) is 3.26. The monoisotopic (exact) mass is 489 g/mol. The molecule has 1 amide bonds. The maximum absolute atomic E-state index is 13.3. The minimum atomic E-state index is -3.75. The summed E-state index contributed by atoms with van der Waals surface area (Å²) in [4.78, 5) is 31.2. The number of hydrogen-bond acceptors (Lipinski definition) is 6. The summed E-state index contributed by atoms with van der Waals surface area (Å²) in [7, 11) is -3.75. The van der Waals surface area contributed by atoms with Gasteiger partial charge in [0, 0.05) is 56.1 Å². The van der Waals surface area contributed by atoms with Crippen molar-refractivity contribution < 1.29 is 22.7 Å². The third-order valence-corrected chi connectivity index (χ3v) is 9.01. The maximum Gasteiger partial charge on any atom is 0.259 e. The number of benzene rings is 1. The Kier molecular flexibility index (Phi) is 6.04. The number of pyridine rings is 1. The summed E-state index contributed by atoms with van der Waals surface area (Å²) >= 11 is 0. The van der Waals surface area contributed by atoms with Gasteiger partial charge in [-0.1, -0.05) is 13.8 Å². The van der Waals surface area contributed by atoms with Gasteiger partial charge in [0.15, 0.2) is 5.79 Å². The Balaban J connectivity index is 1.43. The smallest absolute Gasteiger partial charge is 0.259 e. The van der Waals surface area contributed by atoms with E-state index in [0.717, 1.165) is 6.42 Å². The molecule has 34 heavy (non-hydrogen) atoms. The Morgan fingerprint density at radius 1 is 1.09 bits per heavy atom. The molecule has 0 radical (unpaired) electrons. The number of hydrogen-bond donors (Lipinski definition) is 1. The van der Waals surface area contributed by atoms with Gasteiger partial charge < -0.3 is 19.4 Å². The number of H-pyrrole nitrogens is 1. The van der Waals surface area contributed by atoms with Crippen molar-refractivity contribution in [3.8, 4) is 0 Å². The summed E-state index contributed by atoms with van der Waals surface area (Å²) in [6, 6.07) is 4.51. The molecule has 1 N–H and O–H groups in total. The maximum atomic E-state index is 13.3. The fourth-order valence-electron chi connectivity index (χ4n) is 5.47. The molecule has 3 aliphatic rings. The van der Waals surface area contributed by atoms with Gasteiger partial charge in [0.25, 0.3) is 5.91 Å². The topological polar surface area (TPSA) is 109 Å². The van der Waals surface area contributed by atoms with Crippen molar-refractivity contribution in [2.24, 2.45) is 11.8 Å². The van der Waals surface area contributed by atoms with Crippen molar-refractivity contribution in [1.29, 1.82) is 0 Å². The van der Waals surface area contributed by atoms with Crippen molar-refractivity contribution in [2.75, 3.05) is 39.4 Å². The lowest BCUT2D eigenvalue weighted by Gasteiger charge is -2.37. The van der Waals surface area contributed by atoms with Crippen molar-refractivity contribution in [3.63, 3.8) is 0 Å². The van der Waals surface area contributed by atoms with Gasteiger partial charge in [0.1, 0.15) is 5.56 Å². The summed E-state index contributed by atoms with van der Waals surface area (Å²) in [5.41, 5.74) is 0.0301. The van der Waals surface area contributed by atoms with Crippen molar-refractivity contribution in [2.45, 2.75) is 43.8 Å². The van der Waals surface area contributed by atoms with E-state index < -0.39 is 21.2 Å². The zero-order valence-electron chi connectivity index (χ0n) is 19.6. The number of piperidine rings is 2. The lowest BCUT2D eigenvalue weighted by Crippen LogP contribution is -2.48. The number of aromatic amines is 1. The van der Waals surface area contributed by atoms with Crippen LogP contribution < -0.4 is 5.43 Å². The molecule has 5 rings (SSSR count). The summed E-state index contributed by atoms with van der Waals surface area (Å²) in [6.45, 7) is 6.99. The van der Waals surface area contributed by atoms with Gasteiger partial charge in [0.05, 0.1) is 18.1 Å². The van der Waals surface area contributed by atoms with E-state index in [1.807, 2.05) is 0 Å². The highest BCUT2D eigenvalue weighted by molar-refractivity contribution is 7.89. The number of amides is 1. The number of nitrogens with zero attached hydrogens (tertiary/aromatic N) is 2. The van der Waals surface area contributed by atoms with E-state index in [4.69, 9.17) is 9.47 Å². The summed E-state index contributed by atoms with van der Waals surface area (Å²) in [5.74, 6) is -0.437. The highest BCUT2D eigenvalue weighted by Gasteiger charge is 2.41. The Hall–Kier alpha value is -2.27. The predicted molar refractivity (Wildman–Crippen MR) is 126 cm³/mol. The number of carbonyl (C=O) groups is 1. The summed E-state index contributed by atoms with van der Waals surface area (Å²) in [5, 5.41) is 0.195. The van der Waals surface area contributed by atoms with Gasteiger partial charge in [0.2, 0.25) is 15.5 Å². The third kappa shape index (κ3) is 4.17. The number of nitrogens with one attached hydrogen (secondary N) is 1. The molecule has 1 aromatic heterocycles. The molecule has 2 aromatic rings. The second kappa shape index (κ2) is 8.75. The Bertz CT molecular complexity index is 1250. The van der Waals surface area contributed by atoms with E-state index in [9.17, 15) is 18.0 Å². The first kappa shape index (κ1) is 23.5. The predicted octanol–water partition coefficient (Wildman–Crippen LogP) is 2.17. The van der Waals surface area contributed by atoms with E-state index in [1.54, 1.807) is 11.0 Å². The molecule has 3 saturated heterocycles. The number of likely N-dealkylation sites (tertiary alicyclic amines) is 1. The average molecular weight is 490 g/mol. The molecule has 2 atom stereocenters. The van der Waals surface area contributed by atoms with Crippen LogP contribution in [0.1, 0.15) is 43.5 Å². The minimum absolute atomic E-state index is 0.00599. The van der Waals surface area contributed by atoms with Crippen LogP contribution in [0, 0.1) is 11.8 Å². The summed E-state index contributed by atoms with van der Waals surface area (Å²) < 4.78 is 39.6. The van der Waals surface area contributed by atoms with E-state index in [2.05, 4.69) is 18.8 Å². The molecule has 4 heterocycles. The quantitative estimate of drug-likeness (QED) is 0.708. The number of sulfonamides is 1. The summed E-state index contributed by atoms with van der Waals surface area (Å²) in [6.07, 6.45) is 3.52. The van der Waals surface area contributed by atoms with Crippen LogP contribution in [-0.4, -0.2) is 73.7 Å². The van der Waals surface area contributed by atoms with E-state index in [0.29, 0.717) is 57.8 Å². The molecule has 0 saturated carbocycles. The molecule has 0 bridgehead atoms. The van der Waals surface area contributed by atoms with Crippen molar-refractivity contribution in [3.05, 3.63) is 40.2 Å². The molecule has 0 aliphatic carbocycles. The van der Waals surface area contributed by atoms with Crippen LogP contribution in [0.25, 0.3) is 10.9 Å². The van der Waals surface area contributed by atoms with Crippen LogP contribution in [0.3, 0.4) is 0 Å². The molecule has 1 aromatic carbocycles. The number of rotatable bonds is 3. The van der Waals surface area contributed by atoms with E-state index >= 15 is 0 Å². The highest BCUT2D eigenvalue weighted by atomic mass is 32.2. The Morgan fingerprint density at radius 2 is 1.74 bits per heavy atom. The fourth-order valence-corrected chi connectivity index (χ4v) is 7.18. The number of fused-ring (bicyclic) bond motifs is 1. The van der Waals surface area contributed by atoms with Gasteiger partial charge in [-0.05, 0) is 36.5 Å². The first-order valence-electron chi connectivity index (χ1n) is 11.9. The van der Waals surface area contributed by atoms with Crippen LogP contribution in [0.5, 0.6) is 0 Å². The molecule has 3 fully saturated rings. The second-order valence-electron chi connectivity index (χ2n) is 9.91. The lowest BCUT2D eigenvalue weighted by molar-refractivity contribution is -0.181. The Morgan fingerprint density at radius 3 is 2.38 bits per heavy atom. The second-order valence-corrected chi connectivity index (χ2v) is 11.8. The SMILES string of the molecule is CC1CC(C)CN(S(=O)(=O)c2ccc3[nH]cc(C(=O)N4CCC5(CC4)OCCO5)c(=O)c3c2)C1. The normalized spacial score (nSPS) is 25.8. The number of aromatic nitrogens is 1. The van der Waals surface area contributed by atoms with E-state index in [1.165, 1.54) is 22.6 Å².